The van der Waals surface area contributed by atoms with Crippen LogP contribution in [0.4, 0.5) is 0 Å². The van der Waals surface area contributed by atoms with Gasteiger partial charge in [0.2, 0.25) is 0 Å². The molecule has 0 heterocycles. The minimum Gasteiger partial charge on any atom is -0.395 e. The van der Waals surface area contributed by atoms with Gasteiger partial charge in [0.05, 0.1) is 6.61 Å². The fraction of sp³-hybridized carbons (Fsp3) is 0.500. The smallest absolute Gasteiger partial charge is 0.312 e. The monoisotopic (exact) mass is 193 g/mol. The molecule has 4 nitrogen and oxygen atoms in total. The first-order chi connectivity index (χ1) is 6.83. The first-order valence-electron chi connectivity index (χ1n) is 4.76. The maximum Gasteiger partial charge on any atom is 0.312 e. The first kappa shape index (κ1) is 10.9. The second-order valence-corrected chi connectivity index (χ2v) is 3.09. The Bertz CT molecular complexity index is 300. The van der Waals surface area contributed by atoms with Crippen LogP contribution in [0.15, 0.2) is 23.8 Å². The Morgan fingerprint density at radius 3 is 3.00 bits per heavy atom. The summed E-state index contributed by atoms with van der Waals surface area (Å²) in [5.41, 5.74) is 10.5. The Morgan fingerprint density at radius 2 is 2.43 bits per heavy atom. The van der Waals surface area contributed by atoms with Crippen LogP contribution in [0, 0.1) is 0 Å². The van der Waals surface area contributed by atoms with Crippen LogP contribution in [0.25, 0.3) is 5.53 Å². The summed E-state index contributed by atoms with van der Waals surface area (Å²) in [5.74, 6) is 0. The Labute approximate surface area is 83.6 Å². The summed E-state index contributed by atoms with van der Waals surface area (Å²) in [6.07, 6.45) is 6.52. The second-order valence-electron chi connectivity index (χ2n) is 3.09. The third-order valence-corrected chi connectivity index (χ3v) is 2.23. The van der Waals surface area contributed by atoms with Gasteiger partial charge in [0.25, 0.3) is 0 Å². The minimum atomic E-state index is -0.0675. The molecule has 1 aliphatic rings. The van der Waals surface area contributed by atoms with E-state index in [1.807, 2.05) is 19.1 Å². The number of hydrogen-bond donors (Lipinski definition) is 2. The van der Waals surface area contributed by atoms with E-state index < -0.39 is 0 Å². The molecule has 0 aromatic heterocycles. The van der Waals surface area contributed by atoms with Gasteiger partial charge in [-0.2, -0.15) is 4.79 Å². The van der Waals surface area contributed by atoms with Crippen LogP contribution in [0.1, 0.15) is 13.3 Å². The summed E-state index contributed by atoms with van der Waals surface area (Å²) >= 11 is 0. The fourth-order valence-electron chi connectivity index (χ4n) is 1.51. The van der Waals surface area contributed by atoms with Crippen molar-refractivity contribution >= 4 is 5.71 Å². The van der Waals surface area contributed by atoms with Crippen LogP contribution >= 0.6 is 0 Å². The molecule has 1 rings (SSSR count). The molecule has 0 fully saturated rings. The molecular formula is C10H15N3O. The topological polar surface area (TPSA) is 68.7 Å². The number of aliphatic hydroxyl groups is 1. The highest BCUT2D eigenvalue weighted by molar-refractivity contribution is 5.98. The molecule has 76 valence electrons. The molecule has 0 bridgehead atoms. The summed E-state index contributed by atoms with van der Waals surface area (Å²) in [6.45, 7) is 2.62. The number of allylic oxidation sites excluding steroid dienone is 2. The van der Waals surface area contributed by atoms with E-state index in [0.717, 1.165) is 12.0 Å². The largest absolute Gasteiger partial charge is 0.395 e. The molecule has 1 aliphatic carbocycles. The standard InChI is InChI=1S/C10H15N3O/c1-2-8-4-3-5-9(13-11)10(8)12-6-7-14/h3-5,10,12,14H,2,6-7H2,1H3. The van der Waals surface area contributed by atoms with Crippen molar-refractivity contribution in [1.29, 1.82) is 0 Å². The zero-order valence-corrected chi connectivity index (χ0v) is 8.27. The van der Waals surface area contributed by atoms with Gasteiger partial charge >= 0.3 is 5.71 Å². The van der Waals surface area contributed by atoms with Crippen LogP contribution in [0.2, 0.25) is 0 Å². The molecule has 4 heteroatoms. The summed E-state index contributed by atoms with van der Waals surface area (Å²) in [4.78, 5) is 3.22. The van der Waals surface area contributed by atoms with Crippen molar-refractivity contribution in [3.63, 3.8) is 0 Å². The average molecular weight is 193 g/mol. The molecule has 0 aromatic rings. The average Bonchev–Trinajstić information content (AvgIpc) is 2.25. The molecule has 0 radical (unpaired) electrons. The van der Waals surface area contributed by atoms with E-state index in [1.54, 1.807) is 6.08 Å². The number of rotatable bonds is 4. The quantitative estimate of drug-likeness (QED) is 0.504. The Morgan fingerprint density at radius 1 is 1.64 bits per heavy atom. The lowest BCUT2D eigenvalue weighted by Crippen LogP contribution is -2.40. The van der Waals surface area contributed by atoms with E-state index in [-0.39, 0.29) is 12.6 Å². The van der Waals surface area contributed by atoms with E-state index >= 15 is 0 Å². The van der Waals surface area contributed by atoms with Gasteiger partial charge < -0.3 is 10.6 Å². The molecule has 0 saturated heterocycles. The Kier molecular flexibility index (Phi) is 4.26. The second kappa shape index (κ2) is 5.50. The number of aliphatic hydroxyl groups excluding tert-OH is 1. The molecular weight excluding hydrogens is 178 g/mol. The highest BCUT2D eigenvalue weighted by atomic mass is 16.3. The van der Waals surface area contributed by atoms with Gasteiger partial charge in [0.15, 0.2) is 0 Å². The van der Waals surface area contributed by atoms with E-state index in [1.165, 1.54) is 0 Å². The van der Waals surface area contributed by atoms with Crippen molar-refractivity contribution in [3.8, 4) is 0 Å². The van der Waals surface area contributed by atoms with Crippen LogP contribution in [0.5, 0.6) is 0 Å². The predicted molar refractivity (Wildman–Crippen MR) is 55.0 cm³/mol. The lowest BCUT2D eigenvalue weighted by molar-refractivity contribution is -0.00804. The normalized spacial score (nSPS) is 20.6. The lowest BCUT2D eigenvalue weighted by atomic mass is 9.95. The highest BCUT2D eigenvalue weighted by Crippen LogP contribution is 2.13. The van der Waals surface area contributed by atoms with Crippen molar-refractivity contribution in [1.82, 2.24) is 5.32 Å². The van der Waals surface area contributed by atoms with Crippen molar-refractivity contribution < 1.29 is 9.90 Å². The Balaban J connectivity index is 2.79. The minimum absolute atomic E-state index is 0.0675. The van der Waals surface area contributed by atoms with Crippen molar-refractivity contribution in [2.45, 2.75) is 19.4 Å². The van der Waals surface area contributed by atoms with Gasteiger partial charge in [-0.05, 0) is 12.0 Å². The zero-order valence-electron chi connectivity index (χ0n) is 8.27. The third kappa shape index (κ3) is 2.39. The predicted octanol–water partition coefficient (Wildman–Crippen LogP) is 0.514. The molecule has 0 amide bonds. The Hall–Kier alpha value is -1.22. The lowest BCUT2D eigenvalue weighted by Gasteiger charge is -2.17. The molecule has 0 aliphatic heterocycles. The fourth-order valence-corrected chi connectivity index (χ4v) is 1.51. The van der Waals surface area contributed by atoms with Gasteiger partial charge in [-0.25, -0.2) is 0 Å². The van der Waals surface area contributed by atoms with E-state index in [0.29, 0.717) is 12.3 Å². The summed E-state index contributed by atoms with van der Waals surface area (Å²) in [6, 6.07) is -0.0675. The van der Waals surface area contributed by atoms with Crippen LogP contribution in [-0.4, -0.2) is 34.8 Å². The van der Waals surface area contributed by atoms with Crippen LogP contribution < -0.4 is 5.32 Å². The van der Waals surface area contributed by atoms with Crippen LogP contribution in [0.3, 0.4) is 0 Å². The number of nitrogens with one attached hydrogen (secondary N) is 1. The molecule has 0 aromatic carbocycles. The summed E-state index contributed by atoms with van der Waals surface area (Å²) in [7, 11) is 0. The number of hydrogen-bond acceptors (Lipinski definition) is 2. The molecule has 1 atom stereocenters. The van der Waals surface area contributed by atoms with Gasteiger partial charge in [0.1, 0.15) is 6.04 Å². The summed E-state index contributed by atoms with van der Waals surface area (Å²) < 4.78 is 0. The molecule has 2 N–H and O–H groups in total. The maximum atomic E-state index is 8.78. The van der Waals surface area contributed by atoms with E-state index in [9.17, 15) is 0 Å². The van der Waals surface area contributed by atoms with E-state index in [2.05, 4.69) is 10.1 Å². The van der Waals surface area contributed by atoms with Gasteiger partial charge in [-0.1, -0.05) is 19.1 Å². The van der Waals surface area contributed by atoms with Crippen molar-refractivity contribution in [3.05, 3.63) is 29.3 Å². The molecule has 1 unspecified atom stereocenters. The van der Waals surface area contributed by atoms with Crippen molar-refractivity contribution in [2.24, 2.45) is 0 Å². The third-order valence-electron chi connectivity index (χ3n) is 2.23. The summed E-state index contributed by atoms with van der Waals surface area (Å²) in [5, 5.41) is 11.8. The highest BCUT2D eigenvalue weighted by Gasteiger charge is 2.25. The molecule has 0 spiro atoms. The maximum absolute atomic E-state index is 8.78. The molecule has 14 heavy (non-hydrogen) atoms. The van der Waals surface area contributed by atoms with E-state index in [4.69, 9.17) is 10.6 Å². The zero-order chi connectivity index (χ0) is 10.4. The number of nitrogens with zero attached hydrogens (tertiary/aromatic N) is 2. The van der Waals surface area contributed by atoms with Crippen molar-refractivity contribution in [2.75, 3.05) is 13.2 Å². The molecule has 0 saturated carbocycles. The first-order valence-corrected chi connectivity index (χ1v) is 4.76. The van der Waals surface area contributed by atoms with Gasteiger partial charge in [0, 0.05) is 12.6 Å². The van der Waals surface area contributed by atoms with Gasteiger partial charge in [-0.3, -0.25) is 5.32 Å². The van der Waals surface area contributed by atoms with Gasteiger partial charge in [-0.15, -0.1) is 0 Å². The SMILES string of the molecule is CCC1=CC=CC(=[N+]=[N-])C1NCCO. The van der Waals surface area contributed by atoms with Crippen LogP contribution in [-0.2, 0) is 0 Å².